The first-order chi connectivity index (χ1) is 13.1. The van der Waals surface area contributed by atoms with Crippen LogP contribution in [0.4, 0.5) is 5.69 Å². The van der Waals surface area contributed by atoms with E-state index in [-0.39, 0.29) is 18.3 Å². The van der Waals surface area contributed by atoms with E-state index in [1.807, 2.05) is 48.5 Å². The Kier molecular flexibility index (Phi) is 6.02. The summed E-state index contributed by atoms with van der Waals surface area (Å²) in [6, 6.07) is 21.1. The Labute approximate surface area is 174 Å². The number of halogens is 2. The van der Waals surface area contributed by atoms with Crippen LogP contribution in [0.3, 0.4) is 0 Å². The van der Waals surface area contributed by atoms with Gasteiger partial charge in [-0.15, -0.1) is 12.4 Å². The van der Waals surface area contributed by atoms with Gasteiger partial charge >= 0.3 is 0 Å². The van der Waals surface area contributed by atoms with E-state index in [4.69, 9.17) is 11.6 Å². The minimum absolute atomic E-state index is 0. The number of imidazole rings is 1. The van der Waals surface area contributed by atoms with Crippen molar-refractivity contribution >= 4 is 46.6 Å². The van der Waals surface area contributed by atoms with Gasteiger partial charge in [0, 0.05) is 16.3 Å². The van der Waals surface area contributed by atoms with E-state index >= 15 is 0 Å². The molecule has 1 amide bonds. The van der Waals surface area contributed by atoms with Crippen molar-refractivity contribution in [3.05, 3.63) is 82.9 Å². The molecule has 0 bridgehead atoms. The number of carbonyl (C=O) groups excluding carboxylic acids is 1. The van der Waals surface area contributed by atoms with Gasteiger partial charge in [0.1, 0.15) is 5.82 Å². The molecule has 0 fully saturated rings. The van der Waals surface area contributed by atoms with Crippen molar-refractivity contribution in [1.29, 1.82) is 0 Å². The predicted octanol–water partition coefficient (Wildman–Crippen LogP) is 5.79. The molecule has 6 heteroatoms. The molecule has 4 nitrogen and oxygen atoms in total. The van der Waals surface area contributed by atoms with Gasteiger partial charge in [-0.3, -0.25) is 4.79 Å². The Morgan fingerprint density at radius 2 is 1.86 bits per heavy atom. The fraction of sp³-hybridized carbons (Fsp3) is 0.0909. The van der Waals surface area contributed by atoms with E-state index in [1.54, 1.807) is 12.1 Å². The lowest BCUT2D eigenvalue weighted by atomic mass is 10.1. The van der Waals surface area contributed by atoms with Crippen LogP contribution in [0.25, 0.3) is 22.4 Å². The predicted molar refractivity (Wildman–Crippen MR) is 117 cm³/mol. The monoisotopic (exact) mass is 411 g/mol. The summed E-state index contributed by atoms with van der Waals surface area (Å²) in [6.45, 7) is 2.05. The molecule has 0 aliphatic rings. The molecule has 0 saturated heterocycles. The van der Waals surface area contributed by atoms with Crippen molar-refractivity contribution in [2.75, 3.05) is 5.32 Å². The molecule has 1 heterocycles. The van der Waals surface area contributed by atoms with Crippen LogP contribution in [0.15, 0.2) is 66.7 Å². The normalized spacial score (nSPS) is 10.5. The summed E-state index contributed by atoms with van der Waals surface area (Å²) in [4.78, 5) is 20.3. The molecule has 0 radical (unpaired) electrons. The van der Waals surface area contributed by atoms with Crippen molar-refractivity contribution in [1.82, 2.24) is 9.97 Å². The maximum atomic E-state index is 12.3. The van der Waals surface area contributed by atoms with Crippen LogP contribution in [0.1, 0.15) is 11.1 Å². The Bertz CT molecular complexity index is 1120. The van der Waals surface area contributed by atoms with Crippen LogP contribution in [0, 0.1) is 6.92 Å². The maximum Gasteiger partial charge on any atom is 0.228 e. The highest BCUT2D eigenvalue weighted by Crippen LogP contribution is 2.24. The first-order valence-corrected chi connectivity index (χ1v) is 9.06. The summed E-state index contributed by atoms with van der Waals surface area (Å²) in [5, 5.41) is 3.60. The van der Waals surface area contributed by atoms with Crippen LogP contribution in [-0.2, 0) is 11.2 Å². The number of amides is 1. The molecule has 2 N–H and O–H groups in total. The van der Waals surface area contributed by atoms with Gasteiger partial charge in [-0.1, -0.05) is 41.9 Å². The van der Waals surface area contributed by atoms with Gasteiger partial charge in [0.15, 0.2) is 0 Å². The number of nitrogens with one attached hydrogen (secondary N) is 2. The second kappa shape index (κ2) is 8.46. The lowest BCUT2D eigenvalue weighted by molar-refractivity contribution is -0.115. The second-order valence-electron chi connectivity index (χ2n) is 6.54. The topological polar surface area (TPSA) is 57.8 Å². The molecule has 142 valence electrons. The number of hydrogen-bond acceptors (Lipinski definition) is 2. The van der Waals surface area contributed by atoms with E-state index in [0.29, 0.717) is 11.4 Å². The van der Waals surface area contributed by atoms with Gasteiger partial charge in [0.25, 0.3) is 0 Å². The number of fused-ring (bicyclic) bond motifs is 1. The van der Waals surface area contributed by atoms with E-state index in [0.717, 1.165) is 33.7 Å². The zero-order valence-electron chi connectivity index (χ0n) is 15.2. The lowest BCUT2D eigenvalue weighted by Gasteiger charge is -2.07. The van der Waals surface area contributed by atoms with Gasteiger partial charge in [0.2, 0.25) is 5.91 Å². The van der Waals surface area contributed by atoms with Gasteiger partial charge in [-0.2, -0.15) is 0 Å². The number of aryl methyl sites for hydroxylation is 1. The van der Waals surface area contributed by atoms with Gasteiger partial charge in [0.05, 0.1) is 17.5 Å². The van der Waals surface area contributed by atoms with Crippen LogP contribution >= 0.6 is 24.0 Å². The van der Waals surface area contributed by atoms with Crippen molar-refractivity contribution in [2.45, 2.75) is 13.3 Å². The minimum Gasteiger partial charge on any atom is -0.338 e. The van der Waals surface area contributed by atoms with Gasteiger partial charge < -0.3 is 10.3 Å². The van der Waals surface area contributed by atoms with Crippen LogP contribution in [0.2, 0.25) is 5.02 Å². The highest BCUT2D eigenvalue weighted by molar-refractivity contribution is 6.30. The van der Waals surface area contributed by atoms with E-state index in [9.17, 15) is 4.79 Å². The number of carbonyl (C=O) groups is 1. The molecule has 0 aliphatic carbocycles. The second-order valence-corrected chi connectivity index (χ2v) is 6.97. The summed E-state index contributed by atoms with van der Waals surface area (Å²) in [7, 11) is 0. The fourth-order valence-electron chi connectivity index (χ4n) is 3.00. The van der Waals surface area contributed by atoms with Crippen LogP contribution in [-0.4, -0.2) is 15.9 Å². The summed E-state index contributed by atoms with van der Waals surface area (Å²) >= 11 is 5.88. The average Bonchev–Trinajstić information content (AvgIpc) is 3.07. The third-order valence-electron chi connectivity index (χ3n) is 4.34. The smallest absolute Gasteiger partial charge is 0.228 e. The summed E-state index contributed by atoms with van der Waals surface area (Å²) < 4.78 is 0. The molecule has 0 spiro atoms. The summed E-state index contributed by atoms with van der Waals surface area (Å²) in [6.07, 6.45) is 0.297. The molecule has 0 saturated carbocycles. The third kappa shape index (κ3) is 4.53. The quantitative estimate of drug-likeness (QED) is 0.446. The molecule has 4 aromatic rings. The lowest BCUT2D eigenvalue weighted by Crippen LogP contribution is -2.14. The Morgan fingerprint density at radius 3 is 2.64 bits per heavy atom. The minimum atomic E-state index is -0.0743. The van der Waals surface area contributed by atoms with Gasteiger partial charge in [-0.05, 0) is 54.4 Å². The molecule has 0 aliphatic heterocycles. The van der Waals surface area contributed by atoms with E-state index in [2.05, 4.69) is 28.3 Å². The van der Waals surface area contributed by atoms with E-state index in [1.165, 1.54) is 5.56 Å². The number of hydrogen-bond donors (Lipinski definition) is 2. The zero-order valence-corrected chi connectivity index (χ0v) is 16.8. The highest BCUT2D eigenvalue weighted by atomic mass is 35.5. The van der Waals surface area contributed by atoms with Crippen molar-refractivity contribution < 1.29 is 4.79 Å². The number of rotatable bonds is 4. The number of H-pyrrole nitrogens is 1. The van der Waals surface area contributed by atoms with Gasteiger partial charge in [-0.25, -0.2) is 4.98 Å². The number of nitrogens with zero attached hydrogens (tertiary/aromatic N) is 1. The molecule has 4 rings (SSSR count). The maximum absolute atomic E-state index is 12.3. The SMILES string of the molecule is Cc1ccc2nc(-c3cccc(NC(=O)Cc4ccc(Cl)cc4)c3)[nH]c2c1.Cl. The first-order valence-electron chi connectivity index (χ1n) is 8.68. The average molecular weight is 412 g/mol. The third-order valence-corrected chi connectivity index (χ3v) is 4.59. The summed E-state index contributed by atoms with van der Waals surface area (Å²) in [5.41, 5.74) is 5.69. The largest absolute Gasteiger partial charge is 0.338 e. The van der Waals surface area contributed by atoms with Crippen molar-refractivity contribution in [3.8, 4) is 11.4 Å². The molecule has 0 unspecified atom stereocenters. The Hall–Kier alpha value is -2.82. The van der Waals surface area contributed by atoms with Crippen molar-refractivity contribution in [3.63, 3.8) is 0 Å². The number of benzene rings is 3. The van der Waals surface area contributed by atoms with Crippen LogP contribution < -0.4 is 5.32 Å². The molecule has 0 atom stereocenters. The molecular weight excluding hydrogens is 393 g/mol. The molecule has 1 aromatic heterocycles. The Morgan fingerprint density at radius 1 is 1.07 bits per heavy atom. The Balaban J connectivity index is 0.00000225. The summed E-state index contributed by atoms with van der Waals surface area (Å²) in [5.74, 6) is 0.708. The number of anilines is 1. The fourth-order valence-corrected chi connectivity index (χ4v) is 3.12. The standard InChI is InChI=1S/C22H18ClN3O.ClH/c1-14-5-10-19-20(11-14)26-22(25-19)16-3-2-4-18(13-16)24-21(27)12-15-6-8-17(23)9-7-15;/h2-11,13H,12H2,1H3,(H,24,27)(H,25,26);1H. The highest BCUT2D eigenvalue weighted by Gasteiger charge is 2.08. The molecule has 28 heavy (non-hydrogen) atoms. The van der Waals surface area contributed by atoms with Crippen molar-refractivity contribution in [2.24, 2.45) is 0 Å². The molecule has 3 aromatic carbocycles. The van der Waals surface area contributed by atoms with E-state index < -0.39 is 0 Å². The van der Waals surface area contributed by atoms with Crippen LogP contribution in [0.5, 0.6) is 0 Å². The number of aromatic amines is 1. The number of aromatic nitrogens is 2. The zero-order chi connectivity index (χ0) is 18.8. The first kappa shape index (κ1) is 19.9. The molecular formula is C22H19Cl2N3O.